The molecule has 0 amide bonds. The van der Waals surface area contributed by atoms with Gasteiger partial charge in [0.15, 0.2) is 0 Å². The Morgan fingerprint density at radius 1 is 1.38 bits per heavy atom. The lowest BCUT2D eigenvalue weighted by Gasteiger charge is -2.22. The summed E-state index contributed by atoms with van der Waals surface area (Å²) in [6.45, 7) is 1.13. The lowest BCUT2D eigenvalue weighted by Crippen LogP contribution is -2.20. The van der Waals surface area contributed by atoms with Crippen molar-refractivity contribution in [1.29, 1.82) is 0 Å². The van der Waals surface area contributed by atoms with Crippen molar-refractivity contribution < 1.29 is 0 Å². The Balaban J connectivity index is 1.59. The van der Waals surface area contributed by atoms with Crippen LogP contribution in [0, 0.1) is 17.8 Å². The van der Waals surface area contributed by atoms with Crippen molar-refractivity contribution >= 4 is 21.6 Å². The molecule has 0 aliphatic heterocycles. The zero-order chi connectivity index (χ0) is 11.0. The van der Waals surface area contributed by atoms with Crippen molar-refractivity contribution in [2.45, 2.75) is 25.7 Å². The summed E-state index contributed by atoms with van der Waals surface area (Å²) in [5.74, 6) is 2.94. The van der Waals surface area contributed by atoms with Crippen molar-refractivity contribution in [3.05, 3.63) is 22.9 Å². The first kappa shape index (κ1) is 10.6. The smallest absolute Gasteiger partial charge is 0.0590 e. The fourth-order valence-corrected chi connectivity index (χ4v) is 3.78. The highest BCUT2D eigenvalue weighted by Crippen LogP contribution is 2.48. The largest absolute Gasteiger partial charge is 0.384 e. The van der Waals surface area contributed by atoms with Gasteiger partial charge in [-0.3, -0.25) is 4.98 Å². The first-order valence-electron chi connectivity index (χ1n) is 6.16. The van der Waals surface area contributed by atoms with E-state index in [9.17, 15) is 0 Å². The number of aromatic nitrogens is 1. The lowest BCUT2D eigenvalue weighted by molar-refractivity contribution is 0.348. The third-order valence-electron chi connectivity index (χ3n) is 4.21. The minimum absolute atomic E-state index is 0.902. The number of nitrogens with one attached hydrogen (secondary N) is 1. The van der Waals surface area contributed by atoms with Gasteiger partial charge in [0, 0.05) is 18.9 Å². The van der Waals surface area contributed by atoms with Crippen molar-refractivity contribution in [2.75, 3.05) is 11.9 Å². The van der Waals surface area contributed by atoms with Crippen molar-refractivity contribution in [3.8, 4) is 0 Å². The van der Waals surface area contributed by atoms with Crippen LogP contribution in [0.5, 0.6) is 0 Å². The molecule has 0 radical (unpaired) electrons. The average Bonchev–Trinajstić information content (AvgIpc) is 2.90. The SMILES string of the molecule is Brc1cnccc1NCC1CC2CCC1C2. The van der Waals surface area contributed by atoms with Crippen LogP contribution >= 0.6 is 15.9 Å². The van der Waals surface area contributed by atoms with Gasteiger partial charge in [0.1, 0.15) is 0 Å². The van der Waals surface area contributed by atoms with E-state index in [0.29, 0.717) is 0 Å². The van der Waals surface area contributed by atoms with Crippen LogP contribution in [-0.4, -0.2) is 11.5 Å². The molecule has 16 heavy (non-hydrogen) atoms. The molecule has 1 N–H and O–H groups in total. The number of hydrogen-bond donors (Lipinski definition) is 1. The van der Waals surface area contributed by atoms with Crippen molar-refractivity contribution in [2.24, 2.45) is 17.8 Å². The fourth-order valence-electron chi connectivity index (χ4n) is 3.39. The second-order valence-electron chi connectivity index (χ2n) is 5.17. The molecule has 2 saturated carbocycles. The van der Waals surface area contributed by atoms with E-state index in [1.165, 1.54) is 31.4 Å². The van der Waals surface area contributed by atoms with Crippen LogP contribution in [0.4, 0.5) is 5.69 Å². The lowest BCUT2D eigenvalue weighted by atomic mass is 9.89. The molecule has 3 rings (SSSR count). The molecule has 3 heteroatoms. The molecule has 3 unspecified atom stereocenters. The summed E-state index contributed by atoms with van der Waals surface area (Å²) in [6, 6.07) is 2.04. The Hall–Kier alpha value is -0.570. The van der Waals surface area contributed by atoms with Gasteiger partial charge in [0.25, 0.3) is 0 Å². The molecule has 0 aromatic carbocycles. The van der Waals surface area contributed by atoms with E-state index in [1.807, 2.05) is 18.5 Å². The summed E-state index contributed by atoms with van der Waals surface area (Å²) < 4.78 is 1.07. The molecule has 2 nitrogen and oxygen atoms in total. The molecule has 2 bridgehead atoms. The Morgan fingerprint density at radius 2 is 2.31 bits per heavy atom. The average molecular weight is 281 g/mol. The van der Waals surface area contributed by atoms with Gasteiger partial charge in [-0.1, -0.05) is 6.42 Å². The molecule has 0 saturated heterocycles. The summed E-state index contributed by atoms with van der Waals surface area (Å²) in [5, 5.41) is 3.55. The molecule has 0 spiro atoms. The third kappa shape index (κ3) is 1.97. The highest BCUT2D eigenvalue weighted by Gasteiger charge is 2.38. The van der Waals surface area contributed by atoms with Crippen LogP contribution in [0.2, 0.25) is 0 Å². The van der Waals surface area contributed by atoms with E-state index in [2.05, 4.69) is 26.2 Å². The maximum absolute atomic E-state index is 4.08. The monoisotopic (exact) mass is 280 g/mol. The molecular weight excluding hydrogens is 264 g/mol. The topological polar surface area (TPSA) is 24.9 Å². The first-order chi connectivity index (χ1) is 7.83. The molecule has 1 heterocycles. The fraction of sp³-hybridized carbons (Fsp3) is 0.615. The highest BCUT2D eigenvalue weighted by molar-refractivity contribution is 9.10. The van der Waals surface area contributed by atoms with Crippen LogP contribution in [0.25, 0.3) is 0 Å². The summed E-state index contributed by atoms with van der Waals surface area (Å²) in [7, 11) is 0. The second-order valence-corrected chi connectivity index (χ2v) is 6.03. The first-order valence-corrected chi connectivity index (χ1v) is 6.95. The molecule has 1 aromatic rings. The number of fused-ring (bicyclic) bond motifs is 2. The number of nitrogens with zero attached hydrogens (tertiary/aromatic N) is 1. The number of rotatable bonds is 3. The minimum atomic E-state index is 0.902. The molecule has 2 aliphatic rings. The highest BCUT2D eigenvalue weighted by atomic mass is 79.9. The quantitative estimate of drug-likeness (QED) is 0.914. The van der Waals surface area contributed by atoms with Crippen LogP contribution in [0.15, 0.2) is 22.9 Å². The Bertz CT molecular complexity index is 380. The van der Waals surface area contributed by atoms with E-state index in [1.54, 1.807) is 0 Å². The molecule has 2 aliphatic carbocycles. The predicted molar refractivity (Wildman–Crippen MR) is 69.4 cm³/mol. The van der Waals surface area contributed by atoms with Crippen molar-refractivity contribution in [3.63, 3.8) is 0 Å². The maximum atomic E-state index is 4.08. The van der Waals surface area contributed by atoms with E-state index in [4.69, 9.17) is 0 Å². The third-order valence-corrected chi connectivity index (χ3v) is 4.84. The minimum Gasteiger partial charge on any atom is -0.384 e. The summed E-state index contributed by atoms with van der Waals surface area (Å²) >= 11 is 3.52. The maximum Gasteiger partial charge on any atom is 0.0590 e. The van der Waals surface area contributed by atoms with Gasteiger partial charge in [-0.15, -0.1) is 0 Å². The second kappa shape index (κ2) is 4.36. The van der Waals surface area contributed by atoms with Crippen LogP contribution in [-0.2, 0) is 0 Å². The standard InChI is InChI=1S/C13H17BrN2/c14-12-8-15-4-3-13(12)16-7-11-6-9-1-2-10(11)5-9/h3-4,8-11H,1-2,5-7H2,(H,15,16). The van der Waals surface area contributed by atoms with Gasteiger partial charge >= 0.3 is 0 Å². The van der Waals surface area contributed by atoms with E-state index in [0.717, 1.165) is 28.8 Å². The Morgan fingerprint density at radius 3 is 3.00 bits per heavy atom. The van der Waals surface area contributed by atoms with Crippen LogP contribution in [0.3, 0.4) is 0 Å². The molecule has 3 atom stereocenters. The van der Waals surface area contributed by atoms with E-state index in [-0.39, 0.29) is 0 Å². The summed E-state index contributed by atoms with van der Waals surface area (Å²) in [4.78, 5) is 4.08. The molecule has 2 fully saturated rings. The zero-order valence-electron chi connectivity index (χ0n) is 9.32. The van der Waals surface area contributed by atoms with E-state index < -0.39 is 0 Å². The number of hydrogen-bond acceptors (Lipinski definition) is 2. The molecule has 1 aromatic heterocycles. The number of pyridine rings is 1. The van der Waals surface area contributed by atoms with Gasteiger partial charge in [0.2, 0.25) is 0 Å². The molecule has 86 valence electrons. The van der Waals surface area contributed by atoms with E-state index >= 15 is 0 Å². The van der Waals surface area contributed by atoms with Crippen LogP contribution in [0.1, 0.15) is 25.7 Å². The predicted octanol–water partition coefficient (Wildman–Crippen LogP) is 3.69. The van der Waals surface area contributed by atoms with Crippen LogP contribution < -0.4 is 5.32 Å². The van der Waals surface area contributed by atoms with Gasteiger partial charge in [-0.2, -0.15) is 0 Å². The van der Waals surface area contributed by atoms with Gasteiger partial charge in [-0.25, -0.2) is 0 Å². The Kier molecular flexibility index (Phi) is 2.88. The molecular formula is C13H17BrN2. The van der Waals surface area contributed by atoms with Gasteiger partial charge < -0.3 is 5.32 Å². The summed E-state index contributed by atoms with van der Waals surface area (Å²) in [6.07, 6.45) is 9.58. The Labute approximate surface area is 105 Å². The number of anilines is 1. The van der Waals surface area contributed by atoms with Crippen molar-refractivity contribution in [1.82, 2.24) is 4.98 Å². The summed E-state index contributed by atoms with van der Waals surface area (Å²) in [5.41, 5.74) is 1.18. The zero-order valence-corrected chi connectivity index (χ0v) is 10.9. The number of halogens is 1. The normalized spacial score (nSPS) is 31.9. The van der Waals surface area contributed by atoms with Gasteiger partial charge in [0.05, 0.1) is 10.2 Å². The van der Waals surface area contributed by atoms with Gasteiger partial charge in [-0.05, 0) is 59.0 Å².